The summed E-state index contributed by atoms with van der Waals surface area (Å²) in [5.74, 6) is 0.0177. The van der Waals surface area contributed by atoms with Crippen LogP contribution in [0.4, 0.5) is 15.9 Å². The summed E-state index contributed by atoms with van der Waals surface area (Å²) >= 11 is 3.11. The Kier molecular flexibility index (Phi) is 4.90. The van der Waals surface area contributed by atoms with Crippen LogP contribution in [0, 0.1) is 12.7 Å². The van der Waals surface area contributed by atoms with Crippen LogP contribution in [0.2, 0.25) is 0 Å². The van der Waals surface area contributed by atoms with E-state index in [1.165, 1.54) is 6.07 Å². The number of hydrogen-bond donors (Lipinski definition) is 2. The summed E-state index contributed by atoms with van der Waals surface area (Å²) in [6.07, 6.45) is 1.57. The molecule has 2 rings (SSSR count). The van der Waals surface area contributed by atoms with Gasteiger partial charge < -0.3 is 10.6 Å². The second kappa shape index (κ2) is 6.67. The minimum absolute atomic E-state index is 0.266. The van der Waals surface area contributed by atoms with Crippen molar-refractivity contribution in [1.82, 2.24) is 4.98 Å². The lowest BCUT2D eigenvalue weighted by atomic mass is 10.1. The molecule has 1 amide bonds. The molecule has 21 heavy (non-hydrogen) atoms. The number of amides is 1. The first-order chi connectivity index (χ1) is 10.0. The summed E-state index contributed by atoms with van der Waals surface area (Å²) in [6, 6.07) is 6.22. The van der Waals surface area contributed by atoms with Crippen LogP contribution in [0.15, 0.2) is 34.9 Å². The van der Waals surface area contributed by atoms with Gasteiger partial charge in [0.05, 0.1) is 4.47 Å². The molecule has 0 aliphatic carbocycles. The maximum Gasteiger partial charge on any atom is 0.255 e. The molecule has 0 bridgehead atoms. The largest absolute Gasteiger partial charge is 0.370 e. The molecule has 1 aromatic heterocycles. The monoisotopic (exact) mass is 351 g/mol. The van der Waals surface area contributed by atoms with Gasteiger partial charge in [0.2, 0.25) is 0 Å². The van der Waals surface area contributed by atoms with Crippen LogP contribution in [-0.4, -0.2) is 17.4 Å². The molecular formula is C15H15BrFN3O. The molecule has 0 radical (unpaired) electrons. The van der Waals surface area contributed by atoms with Gasteiger partial charge >= 0.3 is 0 Å². The number of rotatable bonds is 4. The third kappa shape index (κ3) is 3.78. The van der Waals surface area contributed by atoms with E-state index in [2.05, 4.69) is 31.5 Å². The molecular weight excluding hydrogens is 337 g/mol. The Labute approximate surface area is 130 Å². The lowest BCUT2D eigenvalue weighted by Crippen LogP contribution is -2.13. The van der Waals surface area contributed by atoms with E-state index in [1.807, 2.05) is 6.92 Å². The van der Waals surface area contributed by atoms with E-state index in [-0.39, 0.29) is 11.7 Å². The van der Waals surface area contributed by atoms with Crippen molar-refractivity contribution in [3.05, 3.63) is 51.9 Å². The summed E-state index contributed by atoms with van der Waals surface area (Å²) in [6.45, 7) is 4.41. The van der Waals surface area contributed by atoms with Gasteiger partial charge in [-0.25, -0.2) is 9.37 Å². The van der Waals surface area contributed by atoms with Crippen LogP contribution in [0.1, 0.15) is 22.8 Å². The molecule has 2 aromatic rings. The molecule has 2 N–H and O–H groups in total. The molecule has 0 atom stereocenters. The number of anilines is 2. The predicted octanol–water partition coefficient (Wildman–Crippen LogP) is 3.98. The fraction of sp³-hybridized carbons (Fsp3) is 0.200. The van der Waals surface area contributed by atoms with Gasteiger partial charge in [-0.2, -0.15) is 0 Å². The molecule has 0 aliphatic heterocycles. The van der Waals surface area contributed by atoms with Crippen molar-refractivity contribution in [3.63, 3.8) is 0 Å². The molecule has 1 heterocycles. The van der Waals surface area contributed by atoms with E-state index >= 15 is 0 Å². The minimum atomic E-state index is -0.358. The number of pyridine rings is 1. The smallest absolute Gasteiger partial charge is 0.255 e. The van der Waals surface area contributed by atoms with Crippen molar-refractivity contribution in [2.75, 3.05) is 17.2 Å². The van der Waals surface area contributed by atoms with Crippen molar-refractivity contribution in [3.8, 4) is 0 Å². The first-order valence-corrected chi connectivity index (χ1v) is 7.27. The van der Waals surface area contributed by atoms with E-state index in [0.717, 1.165) is 6.54 Å². The summed E-state index contributed by atoms with van der Waals surface area (Å²) in [4.78, 5) is 16.4. The second-order valence-electron chi connectivity index (χ2n) is 4.50. The Morgan fingerprint density at radius 2 is 2.14 bits per heavy atom. The minimum Gasteiger partial charge on any atom is -0.370 e. The van der Waals surface area contributed by atoms with Crippen molar-refractivity contribution in [2.45, 2.75) is 13.8 Å². The fourth-order valence-electron chi connectivity index (χ4n) is 1.83. The normalized spacial score (nSPS) is 10.3. The first-order valence-electron chi connectivity index (χ1n) is 6.48. The number of nitrogens with zero attached hydrogens (tertiary/aromatic N) is 1. The maximum atomic E-state index is 13.4. The maximum absolute atomic E-state index is 13.4. The molecule has 0 unspecified atom stereocenters. The Morgan fingerprint density at radius 1 is 1.38 bits per heavy atom. The standard InChI is InChI=1S/C15H15BrFN3O/c1-3-18-14-7-10(4-5-19-14)15(21)20-13-8-11(16)12(17)6-9(13)2/h4-8H,3H2,1-2H3,(H,18,19)(H,20,21). The van der Waals surface area contributed by atoms with Crippen molar-refractivity contribution in [1.29, 1.82) is 0 Å². The van der Waals surface area contributed by atoms with Gasteiger partial charge in [-0.1, -0.05) is 0 Å². The average molecular weight is 352 g/mol. The van der Waals surface area contributed by atoms with E-state index < -0.39 is 0 Å². The quantitative estimate of drug-likeness (QED) is 0.875. The third-order valence-electron chi connectivity index (χ3n) is 2.90. The summed E-state index contributed by atoms with van der Waals surface area (Å²) < 4.78 is 13.7. The lowest BCUT2D eigenvalue weighted by molar-refractivity contribution is 0.102. The number of carbonyl (C=O) groups is 1. The molecule has 110 valence electrons. The summed E-state index contributed by atoms with van der Waals surface area (Å²) in [7, 11) is 0. The first kappa shape index (κ1) is 15.4. The number of benzene rings is 1. The molecule has 0 fully saturated rings. The summed E-state index contributed by atoms with van der Waals surface area (Å²) in [5, 5.41) is 5.82. The Hall–Kier alpha value is -1.95. The number of aryl methyl sites for hydroxylation is 1. The molecule has 0 aliphatic rings. The van der Waals surface area contributed by atoms with Gasteiger partial charge in [0.1, 0.15) is 11.6 Å². The molecule has 0 saturated heterocycles. The number of aromatic nitrogens is 1. The third-order valence-corrected chi connectivity index (χ3v) is 3.50. The fourth-order valence-corrected chi connectivity index (χ4v) is 2.17. The van der Waals surface area contributed by atoms with E-state index in [0.29, 0.717) is 27.1 Å². The SMILES string of the molecule is CCNc1cc(C(=O)Nc2cc(Br)c(F)cc2C)ccn1. The van der Waals surface area contributed by atoms with Crippen LogP contribution in [-0.2, 0) is 0 Å². The topological polar surface area (TPSA) is 54.0 Å². The number of halogens is 2. The van der Waals surface area contributed by atoms with Crippen LogP contribution in [0.3, 0.4) is 0 Å². The highest BCUT2D eigenvalue weighted by Crippen LogP contribution is 2.24. The van der Waals surface area contributed by atoms with E-state index in [4.69, 9.17) is 0 Å². The average Bonchev–Trinajstić information content (AvgIpc) is 2.45. The highest BCUT2D eigenvalue weighted by atomic mass is 79.9. The van der Waals surface area contributed by atoms with E-state index in [9.17, 15) is 9.18 Å². The molecule has 6 heteroatoms. The van der Waals surface area contributed by atoms with Crippen LogP contribution < -0.4 is 10.6 Å². The molecule has 0 saturated carbocycles. The van der Waals surface area contributed by atoms with Gasteiger partial charge in [-0.3, -0.25) is 4.79 Å². The van der Waals surface area contributed by atoms with Crippen molar-refractivity contribution >= 4 is 33.3 Å². The van der Waals surface area contributed by atoms with Gasteiger partial charge in [0.15, 0.2) is 0 Å². The van der Waals surface area contributed by atoms with Crippen LogP contribution in [0.25, 0.3) is 0 Å². The molecule has 4 nitrogen and oxygen atoms in total. The Morgan fingerprint density at radius 3 is 2.86 bits per heavy atom. The Bertz CT molecular complexity index is 676. The van der Waals surface area contributed by atoms with Gasteiger partial charge in [-0.05, 0) is 59.6 Å². The zero-order chi connectivity index (χ0) is 15.4. The van der Waals surface area contributed by atoms with Crippen molar-refractivity contribution < 1.29 is 9.18 Å². The highest BCUT2D eigenvalue weighted by molar-refractivity contribution is 9.10. The van der Waals surface area contributed by atoms with Crippen LogP contribution >= 0.6 is 15.9 Å². The number of hydrogen-bond acceptors (Lipinski definition) is 3. The highest BCUT2D eigenvalue weighted by Gasteiger charge is 2.11. The number of nitrogens with one attached hydrogen (secondary N) is 2. The lowest BCUT2D eigenvalue weighted by Gasteiger charge is -2.10. The second-order valence-corrected chi connectivity index (χ2v) is 5.35. The molecule has 0 spiro atoms. The summed E-state index contributed by atoms with van der Waals surface area (Å²) in [5.41, 5.74) is 1.71. The molecule has 1 aromatic carbocycles. The van der Waals surface area contributed by atoms with E-state index in [1.54, 1.807) is 31.3 Å². The zero-order valence-corrected chi connectivity index (χ0v) is 13.3. The van der Waals surface area contributed by atoms with Gasteiger partial charge in [-0.15, -0.1) is 0 Å². The predicted molar refractivity (Wildman–Crippen MR) is 85.2 cm³/mol. The van der Waals surface area contributed by atoms with Gasteiger partial charge in [0.25, 0.3) is 5.91 Å². The van der Waals surface area contributed by atoms with Crippen molar-refractivity contribution in [2.24, 2.45) is 0 Å². The van der Waals surface area contributed by atoms with Crippen LogP contribution in [0.5, 0.6) is 0 Å². The number of carbonyl (C=O) groups excluding carboxylic acids is 1. The van der Waals surface area contributed by atoms with Gasteiger partial charge in [0, 0.05) is 24.0 Å². The zero-order valence-electron chi connectivity index (χ0n) is 11.7. The Balaban J connectivity index is 2.22.